The number of nitrogens with one attached hydrogen (secondary N) is 1. The van der Waals surface area contributed by atoms with Crippen LogP contribution in [0.3, 0.4) is 0 Å². The quantitative estimate of drug-likeness (QED) is 0.326. The molecule has 0 aliphatic heterocycles. The molecule has 0 unspecified atom stereocenters. The summed E-state index contributed by atoms with van der Waals surface area (Å²) in [4.78, 5) is 17.9. The first-order valence-corrected chi connectivity index (χ1v) is 8.98. The molecule has 0 aliphatic carbocycles. The van der Waals surface area contributed by atoms with Crippen molar-refractivity contribution >= 4 is 65.0 Å². The van der Waals surface area contributed by atoms with E-state index in [1.807, 2.05) is 48.5 Å². The number of benzene rings is 2. The van der Waals surface area contributed by atoms with Crippen molar-refractivity contribution in [1.29, 1.82) is 0 Å². The number of hydrogen-bond acceptors (Lipinski definition) is 2. The molecule has 2 aromatic carbocycles. The second-order valence-electron chi connectivity index (χ2n) is 5.01. The minimum absolute atomic E-state index is 0.0474. The molecule has 6 heteroatoms. The van der Waals surface area contributed by atoms with E-state index in [-0.39, 0.29) is 5.56 Å². The van der Waals surface area contributed by atoms with Gasteiger partial charge in [0.05, 0.1) is 0 Å². The molecule has 0 saturated carbocycles. The number of hydrogen-bond donors (Lipinski definition) is 1. The largest absolute Gasteiger partial charge is 0.329 e. The summed E-state index contributed by atoms with van der Waals surface area (Å²) >= 11 is 12.6. The van der Waals surface area contributed by atoms with Gasteiger partial charge in [0.15, 0.2) is 0 Å². The Balaban J connectivity index is 0.000000141. The van der Waals surface area contributed by atoms with Gasteiger partial charge in [-0.05, 0) is 47.2 Å². The molecular formula is C18H11Br2ClN2O. The minimum Gasteiger partial charge on any atom is -0.329 e. The summed E-state index contributed by atoms with van der Waals surface area (Å²) in [6, 6.07) is 15.4. The van der Waals surface area contributed by atoms with Crippen LogP contribution in [0, 0.1) is 0 Å². The molecule has 0 atom stereocenters. The molecule has 0 spiro atoms. The van der Waals surface area contributed by atoms with Gasteiger partial charge < -0.3 is 4.98 Å². The molecular weight excluding hydrogens is 455 g/mol. The maximum atomic E-state index is 11.3. The van der Waals surface area contributed by atoms with Gasteiger partial charge in [-0.25, -0.2) is 4.98 Å². The molecule has 0 radical (unpaired) electrons. The summed E-state index contributed by atoms with van der Waals surface area (Å²) in [5, 5.41) is 4.31. The summed E-state index contributed by atoms with van der Waals surface area (Å²) in [7, 11) is 0. The second kappa shape index (κ2) is 7.47. The Labute approximate surface area is 159 Å². The van der Waals surface area contributed by atoms with Crippen molar-refractivity contribution in [3.8, 4) is 0 Å². The van der Waals surface area contributed by atoms with Gasteiger partial charge in [0, 0.05) is 32.1 Å². The third-order valence-electron chi connectivity index (χ3n) is 3.42. The van der Waals surface area contributed by atoms with E-state index >= 15 is 0 Å². The fourth-order valence-electron chi connectivity index (χ4n) is 2.26. The van der Waals surface area contributed by atoms with Crippen LogP contribution in [0.5, 0.6) is 0 Å². The van der Waals surface area contributed by atoms with Crippen LogP contribution in [0.15, 0.2) is 74.7 Å². The van der Waals surface area contributed by atoms with Gasteiger partial charge in [0.1, 0.15) is 5.15 Å². The number of nitrogens with zero attached hydrogens (tertiary/aromatic N) is 1. The molecule has 0 saturated heterocycles. The lowest BCUT2D eigenvalue weighted by atomic mass is 10.2. The highest BCUT2D eigenvalue weighted by Gasteiger charge is 1.99. The number of halogens is 3. The Morgan fingerprint density at radius 3 is 2.21 bits per heavy atom. The molecule has 0 fully saturated rings. The van der Waals surface area contributed by atoms with Crippen LogP contribution < -0.4 is 5.56 Å². The zero-order valence-corrected chi connectivity index (χ0v) is 16.2. The molecule has 4 rings (SSSR count). The van der Waals surface area contributed by atoms with Gasteiger partial charge in [-0.1, -0.05) is 55.6 Å². The minimum atomic E-state index is -0.0474. The van der Waals surface area contributed by atoms with Crippen molar-refractivity contribution in [3.05, 3.63) is 85.4 Å². The van der Waals surface area contributed by atoms with Crippen molar-refractivity contribution in [2.75, 3.05) is 0 Å². The van der Waals surface area contributed by atoms with Gasteiger partial charge in [-0.15, -0.1) is 0 Å². The Bertz CT molecular complexity index is 1080. The molecule has 120 valence electrons. The second-order valence-corrected chi connectivity index (χ2v) is 7.19. The van der Waals surface area contributed by atoms with E-state index < -0.39 is 0 Å². The number of rotatable bonds is 0. The van der Waals surface area contributed by atoms with E-state index in [0.29, 0.717) is 10.5 Å². The predicted octanol–water partition coefficient (Wildman–Crippen LogP) is 5.94. The molecule has 3 nitrogen and oxygen atoms in total. The zero-order valence-electron chi connectivity index (χ0n) is 12.3. The lowest BCUT2D eigenvalue weighted by Crippen LogP contribution is -2.03. The maximum absolute atomic E-state index is 11.3. The van der Waals surface area contributed by atoms with E-state index in [2.05, 4.69) is 41.8 Å². The molecule has 1 N–H and O–H groups in total. The highest BCUT2D eigenvalue weighted by atomic mass is 79.9. The van der Waals surface area contributed by atoms with E-state index in [1.54, 1.807) is 12.4 Å². The summed E-state index contributed by atoms with van der Waals surface area (Å²) in [6.45, 7) is 0. The highest BCUT2D eigenvalue weighted by molar-refractivity contribution is 9.10. The van der Waals surface area contributed by atoms with Crippen molar-refractivity contribution < 1.29 is 0 Å². The molecule has 0 aliphatic rings. The van der Waals surface area contributed by atoms with Crippen molar-refractivity contribution in [3.63, 3.8) is 0 Å². The third kappa shape index (κ3) is 3.86. The summed E-state index contributed by atoms with van der Waals surface area (Å²) in [5.41, 5.74) is -0.0474. The van der Waals surface area contributed by atoms with Crippen molar-refractivity contribution in [2.24, 2.45) is 0 Å². The van der Waals surface area contributed by atoms with Gasteiger partial charge in [0.2, 0.25) is 0 Å². The van der Waals surface area contributed by atoms with Gasteiger partial charge in [-0.3, -0.25) is 4.79 Å². The summed E-state index contributed by atoms with van der Waals surface area (Å²) in [6.07, 6.45) is 3.36. The van der Waals surface area contributed by atoms with Crippen LogP contribution in [-0.4, -0.2) is 9.97 Å². The van der Waals surface area contributed by atoms with Gasteiger partial charge in [-0.2, -0.15) is 0 Å². The topological polar surface area (TPSA) is 45.8 Å². The van der Waals surface area contributed by atoms with E-state index in [1.165, 1.54) is 0 Å². The lowest BCUT2D eigenvalue weighted by Gasteiger charge is -1.98. The number of aromatic nitrogens is 2. The van der Waals surface area contributed by atoms with Crippen LogP contribution >= 0.6 is 43.5 Å². The van der Waals surface area contributed by atoms with Gasteiger partial charge >= 0.3 is 0 Å². The molecule has 2 heterocycles. The fraction of sp³-hybridized carbons (Fsp3) is 0. The van der Waals surface area contributed by atoms with E-state index in [0.717, 1.165) is 25.1 Å². The SMILES string of the molecule is Clc1nccc2ccc(Br)cc12.O=c1[nH]ccc2ccc(Br)cc12. The van der Waals surface area contributed by atoms with Crippen LogP contribution in [0.25, 0.3) is 21.5 Å². The normalized spacial score (nSPS) is 10.5. The van der Waals surface area contributed by atoms with Crippen molar-refractivity contribution in [1.82, 2.24) is 9.97 Å². The maximum Gasteiger partial charge on any atom is 0.255 e. The predicted molar refractivity (Wildman–Crippen MR) is 107 cm³/mol. The highest BCUT2D eigenvalue weighted by Crippen LogP contribution is 2.24. The Morgan fingerprint density at radius 2 is 1.50 bits per heavy atom. The van der Waals surface area contributed by atoms with E-state index in [4.69, 9.17) is 11.6 Å². The average Bonchev–Trinajstić information content (AvgIpc) is 2.57. The Morgan fingerprint density at radius 1 is 0.875 bits per heavy atom. The lowest BCUT2D eigenvalue weighted by molar-refractivity contribution is 1.28. The van der Waals surface area contributed by atoms with E-state index in [9.17, 15) is 4.79 Å². The molecule has 0 amide bonds. The Kier molecular flexibility index (Phi) is 5.33. The van der Waals surface area contributed by atoms with Crippen molar-refractivity contribution in [2.45, 2.75) is 0 Å². The number of H-pyrrole nitrogens is 1. The zero-order chi connectivity index (χ0) is 17.1. The number of fused-ring (bicyclic) bond motifs is 2. The molecule has 24 heavy (non-hydrogen) atoms. The Hall–Kier alpha value is -1.69. The fourth-order valence-corrected chi connectivity index (χ4v) is 3.20. The molecule has 2 aromatic heterocycles. The summed E-state index contributed by atoms with van der Waals surface area (Å²) < 4.78 is 1.94. The third-order valence-corrected chi connectivity index (χ3v) is 4.70. The van der Waals surface area contributed by atoms with Crippen LogP contribution in [-0.2, 0) is 0 Å². The molecule has 0 bridgehead atoms. The first-order valence-electron chi connectivity index (χ1n) is 7.01. The monoisotopic (exact) mass is 464 g/mol. The number of pyridine rings is 2. The molecule has 4 aromatic rings. The van der Waals surface area contributed by atoms with Crippen LogP contribution in [0.2, 0.25) is 5.15 Å². The smallest absolute Gasteiger partial charge is 0.255 e. The van der Waals surface area contributed by atoms with Crippen LogP contribution in [0.1, 0.15) is 0 Å². The summed E-state index contributed by atoms with van der Waals surface area (Å²) in [5.74, 6) is 0. The van der Waals surface area contributed by atoms with Crippen LogP contribution in [0.4, 0.5) is 0 Å². The average molecular weight is 467 g/mol. The number of aromatic amines is 1. The standard InChI is InChI=1S/C9H5BrClN.C9H6BrNO/c10-7-2-1-6-3-4-12-9(11)8(6)5-7;10-7-2-1-6-3-4-11-9(12)8(6)5-7/h1-5H;1-5H,(H,11,12). The first kappa shape index (κ1) is 17.1. The first-order chi connectivity index (χ1) is 11.5. The van der Waals surface area contributed by atoms with Gasteiger partial charge in [0.25, 0.3) is 5.56 Å².